The molecule has 0 bridgehead atoms. The number of nitrogens with one attached hydrogen (secondary N) is 1. The van der Waals surface area contributed by atoms with Gasteiger partial charge in [-0.15, -0.1) is 0 Å². The van der Waals surface area contributed by atoms with Gasteiger partial charge >= 0.3 is 5.97 Å². The molecule has 0 saturated heterocycles. The maximum Gasteiger partial charge on any atom is 0.350 e. The molecule has 2 aromatic carbocycles. The molecule has 0 spiro atoms. The van der Waals surface area contributed by atoms with Crippen LogP contribution in [0.15, 0.2) is 82.1 Å². The molecule has 1 amide bonds. The van der Waals surface area contributed by atoms with Crippen LogP contribution in [0, 0.1) is 0 Å². The number of hydrogen-bond acceptors (Lipinski definition) is 8. The lowest BCUT2D eigenvalue weighted by molar-refractivity contribution is 0.0532. The minimum atomic E-state index is -3.62. The van der Waals surface area contributed by atoms with Crippen LogP contribution in [-0.4, -0.2) is 31.9 Å². The highest BCUT2D eigenvalue weighted by Crippen LogP contribution is 2.32. The molecule has 1 N–H and O–H groups in total. The van der Waals surface area contributed by atoms with Crippen LogP contribution in [0.5, 0.6) is 0 Å². The fourth-order valence-electron chi connectivity index (χ4n) is 3.13. The van der Waals surface area contributed by atoms with Gasteiger partial charge in [0.25, 0.3) is 5.91 Å². The zero-order chi connectivity index (χ0) is 24.1. The Hall–Kier alpha value is -3.76. The Balaban J connectivity index is 1.53. The summed E-state index contributed by atoms with van der Waals surface area (Å²) in [5.41, 5.74) is 1.10. The van der Waals surface area contributed by atoms with Crippen molar-refractivity contribution in [3.05, 3.63) is 89.2 Å². The Morgan fingerprint density at radius 3 is 2.35 bits per heavy atom. The van der Waals surface area contributed by atoms with E-state index in [-0.39, 0.29) is 38.8 Å². The van der Waals surface area contributed by atoms with E-state index in [0.717, 1.165) is 11.3 Å². The monoisotopic (exact) mass is 496 g/mol. The lowest BCUT2D eigenvalue weighted by atomic mass is 10.1. The maximum atomic E-state index is 12.7. The molecule has 4 aromatic rings. The second kappa shape index (κ2) is 10.0. The molecule has 0 saturated carbocycles. The molecule has 0 aliphatic heterocycles. The summed E-state index contributed by atoms with van der Waals surface area (Å²) in [4.78, 5) is 30.0. The van der Waals surface area contributed by atoms with Crippen molar-refractivity contribution in [1.82, 2.24) is 4.98 Å². The number of thiazole rings is 1. The number of furan rings is 1. The molecule has 0 aliphatic carbocycles. The number of carbonyl (C=O) groups excluding carboxylic acids is 2. The topological polar surface area (TPSA) is 116 Å². The summed E-state index contributed by atoms with van der Waals surface area (Å²) < 4.78 is 35.7. The van der Waals surface area contributed by atoms with Crippen molar-refractivity contribution >= 4 is 38.2 Å². The number of carbonyl (C=O) groups is 2. The van der Waals surface area contributed by atoms with Crippen LogP contribution < -0.4 is 5.32 Å². The molecule has 0 radical (unpaired) electrons. The molecule has 8 nitrogen and oxygen atoms in total. The summed E-state index contributed by atoms with van der Waals surface area (Å²) >= 11 is 0.984. The maximum absolute atomic E-state index is 12.7. The first-order valence-corrected chi connectivity index (χ1v) is 12.8. The molecule has 0 fully saturated rings. The molecule has 4 rings (SSSR count). The molecule has 2 heterocycles. The summed E-state index contributed by atoms with van der Waals surface area (Å²) in [7, 11) is -3.62. The molecule has 34 heavy (non-hydrogen) atoms. The van der Waals surface area contributed by atoms with E-state index in [0.29, 0.717) is 11.3 Å². The van der Waals surface area contributed by atoms with Crippen molar-refractivity contribution in [3.63, 3.8) is 0 Å². The van der Waals surface area contributed by atoms with Gasteiger partial charge < -0.3 is 9.15 Å². The number of ether oxygens (including phenoxy) is 1. The van der Waals surface area contributed by atoms with Gasteiger partial charge in [0, 0.05) is 5.56 Å². The van der Waals surface area contributed by atoms with Gasteiger partial charge in [-0.25, -0.2) is 18.2 Å². The van der Waals surface area contributed by atoms with Crippen molar-refractivity contribution in [2.45, 2.75) is 17.6 Å². The van der Waals surface area contributed by atoms with Gasteiger partial charge in [-0.1, -0.05) is 59.9 Å². The fourth-order valence-corrected chi connectivity index (χ4v) is 5.28. The second-order valence-corrected chi connectivity index (χ2v) is 10.1. The Labute approximate surface area is 200 Å². The number of benzene rings is 2. The molecule has 0 aliphatic rings. The highest BCUT2D eigenvalue weighted by atomic mass is 32.2. The van der Waals surface area contributed by atoms with E-state index in [1.807, 2.05) is 18.2 Å². The minimum absolute atomic E-state index is 0.0765. The zero-order valence-corrected chi connectivity index (χ0v) is 19.7. The van der Waals surface area contributed by atoms with Crippen LogP contribution >= 0.6 is 11.3 Å². The van der Waals surface area contributed by atoms with Gasteiger partial charge in [-0.05, 0) is 31.2 Å². The van der Waals surface area contributed by atoms with Crippen LogP contribution in [0.25, 0.3) is 11.3 Å². The third kappa shape index (κ3) is 5.24. The van der Waals surface area contributed by atoms with E-state index in [9.17, 15) is 18.0 Å². The fraction of sp³-hybridized carbons (Fsp3) is 0.125. The summed E-state index contributed by atoms with van der Waals surface area (Å²) in [5, 5.41) is 2.79. The molecule has 10 heteroatoms. The van der Waals surface area contributed by atoms with Crippen molar-refractivity contribution in [3.8, 4) is 11.3 Å². The molecular formula is C24H20N2O6S2. The zero-order valence-electron chi connectivity index (χ0n) is 18.1. The van der Waals surface area contributed by atoms with Crippen LogP contribution in [-0.2, 0) is 20.3 Å². The first-order valence-electron chi connectivity index (χ1n) is 10.3. The molecule has 0 unspecified atom stereocenters. The van der Waals surface area contributed by atoms with E-state index in [1.54, 1.807) is 37.3 Å². The van der Waals surface area contributed by atoms with E-state index in [2.05, 4.69) is 10.3 Å². The van der Waals surface area contributed by atoms with Crippen LogP contribution in [0.1, 0.15) is 32.9 Å². The van der Waals surface area contributed by atoms with Gasteiger partial charge in [0.1, 0.15) is 16.4 Å². The molecule has 2 aromatic heterocycles. The lowest BCUT2D eigenvalue weighted by Crippen LogP contribution is -2.10. The molecular weight excluding hydrogens is 476 g/mol. The second-order valence-electron chi connectivity index (χ2n) is 7.08. The first kappa shape index (κ1) is 23.4. The predicted octanol–water partition coefficient (Wildman–Crippen LogP) is 4.81. The SMILES string of the molecule is CCOC(=O)c1sc(NC(=O)c2ccc(CS(=O)(=O)c3ccccc3)o2)nc1-c1ccccc1. The van der Waals surface area contributed by atoms with Crippen LogP contribution in [0.3, 0.4) is 0 Å². The highest BCUT2D eigenvalue weighted by Gasteiger charge is 2.23. The highest BCUT2D eigenvalue weighted by molar-refractivity contribution is 7.90. The number of rotatable bonds is 8. The lowest BCUT2D eigenvalue weighted by Gasteiger charge is -2.02. The summed E-state index contributed by atoms with van der Waals surface area (Å²) in [6.07, 6.45) is 0. The van der Waals surface area contributed by atoms with E-state index in [4.69, 9.17) is 9.15 Å². The molecule has 0 atom stereocenters. The van der Waals surface area contributed by atoms with E-state index in [1.165, 1.54) is 24.3 Å². The Kier molecular flexibility index (Phi) is 6.90. The summed E-state index contributed by atoms with van der Waals surface area (Å²) in [6.45, 7) is 1.91. The Morgan fingerprint density at radius 2 is 1.68 bits per heavy atom. The van der Waals surface area contributed by atoms with Crippen molar-refractivity contribution in [2.75, 3.05) is 11.9 Å². The smallest absolute Gasteiger partial charge is 0.350 e. The summed E-state index contributed by atoms with van der Waals surface area (Å²) in [6, 6.07) is 19.9. The number of hydrogen-bond donors (Lipinski definition) is 1. The van der Waals surface area contributed by atoms with Gasteiger partial charge in [0.05, 0.1) is 17.2 Å². The average molecular weight is 497 g/mol. The molecule has 174 valence electrons. The van der Waals surface area contributed by atoms with Gasteiger partial charge in [0.2, 0.25) is 0 Å². The van der Waals surface area contributed by atoms with Gasteiger partial charge in [-0.3, -0.25) is 10.1 Å². The van der Waals surface area contributed by atoms with E-state index >= 15 is 0 Å². The normalized spacial score (nSPS) is 11.2. The Bertz CT molecular complexity index is 1410. The quantitative estimate of drug-likeness (QED) is 0.348. The number of anilines is 1. The van der Waals surface area contributed by atoms with E-state index < -0.39 is 21.7 Å². The van der Waals surface area contributed by atoms with Crippen LogP contribution in [0.2, 0.25) is 0 Å². The van der Waals surface area contributed by atoms with Gasteiger partial charge in [0.15, 0.2) is 20.7 Å². The average Bonchev–Trinajstić information content (AvgIpc) is 3.47. The number of esters is 1. The Morgan fingerprint density at radius 1 is 1.00 bits per heavy atom. The van der Waals surface area contributed by atoms with Crippen molar-refractivity contribution in [1.29, 1.82) is 0 Å². The summed E-state index contributed by atoms with van der Waals surface area (Å²) in [5.74, 6) is -1.48. The largest absolute Gasteiger partial charge is 0.462 e. The number of amides is 1. The number of nitrogens with zero attached hydrogens (tertiary/aromatic N) is 1. The number of sulfone groups is 1. The standard InChI is InChI=1S/C24H20N2O6S2/c1-2-31-23(28)21-20(16-9-5-3-6-10-16)25-24(33-21)26-22(27)19-14-13-17(32-19)15-34(29,30)18-11-7-4-8-12-18/h3-14H,2,15H2,1H3,(H,25,26,27). The van der Waals surface area contributed by atoms with Gasteiger partial charge in [-0.2, -0.15) is 0 Å². The van der Waals surface area contributed by atoms with Crippen molar-refractivity contribution in [2.24, 2.45) is 0 Å². The predicted molar refractivity (Wildman–Crippen MR) is 127 cm³/mol. The number of aromatic nitrogens is 1. The minimum Gasteiger partial charge on any atom is -0.462 e. The first-order chi connectivity index (χ1) is 16.4. The van der Waals surface area contributed by atoms with Crippen LogP contribution in [0.4, 0.5) is 5.13 Å². The third-order valence-electron chi connectivity index (χ3n) is 4.68. The third-order valence-corrected chi connectivity index (χ3v) is 7.28. The van der Waals surface area contributed by atoms with Crippen molar-refractivity contribution < 1.29 is 27.2 Å².